The number of para-hydroxylation sites is 1. The molecule has 1 aliphatic heterocycles. The lowest BCUT2D eigenvalue weighted by molar-refractivity contribution is 0.188. The van der Waals surface area contributed by atoms with Crippen molar-refractivity contribution in [1.82, 2.24) is 0 Å². The number of rotatable bonds is 4. The van der Waals surface area contributed by atoms with Crippen LogP contribution in [0.2, 0.25) is 0 Å². The van der Waals surface area contributed by atoms with Crippen LogP contribution in [0.3, 0.4) is 0 Å². The number of benzene rings is 1. The zero-order chi connectivity index (χ0) is 11.4. The first kappa shape index (κ1) is 11.3. The lowest BCUT2D eigenvalue weighted by Gasteiger charge is -2.28. The monoisotopic (exact) mass is 221 g/mol. The van der Waals surface area contributed by atoms with Crippen molar-refractivity contribution in [2.45, 2.75) is 25.3 Å². The van der Waals surface area contributed by atoms with Crippen LogP contribution in [0.15, 0.2) is 18.2 Å². The first-order valence-electron chi connectivity index (χ1n) is 5.76. The lowest BCUT2D eigenvalue weighted by Crippen LogP contribution is -2.27. The van der Waals surface area contributed by atoms with Gasteiger partial charge in [0.2, 0.25) is 0 Å². The summed E-state index contributed by atoms with van der Waals surface area (Å²) in [6, 6.07) is 6.72. The molecule has 3 heteroatoms. The van der Waals surface area contributed by atoms with Crippen LogP contribution in [0.4, 0.5) is 5.69 Å². The fourth-order valence-corrected chi connectivity index (χ4v) is 2.20. The minimum atomic E-state index is 0.503. The van der Waals surface area contributed by atoms with Crippen molar-refractivity contribution in [3.8, 4) is 5.75 Å². The molecule has 0 fully saturated rings. The van der Waals surface area contributed by atoms with Gasteiger partial charge in [-0.25, -0.2) is 0 Å². The molecule has 1 aromatic carbocycles. The highest BCUT2D eigenvalue weighted by Gasteiger charge is 2.19. The second-order valence-corrected chi connectivity index (χ2v) is 4.16. The number of ether oxygens (including phenoxy) is 2. The quantitative estimate of drug-likeness (QED) is 0.847. The summed E-state index contributed by atoms with van der Waals surface area (Å²) >= 11 is 0. The number of anilines is 1. The van der Waals surface area contributed by atoms with E-state index < -0.39 is 0 Å². The highest BCUT2D eigenvalue weighted by molar-refractivity contribution is 5.64. The summed E-state index contributed by atoms with van der Waals surface area (Å²) in [5.41, 5.74) is 2.52. The SMILES string of the molecule is COCCC1CCc2cccc(OC)c2N1. The maximum absolute atomic E-state index is 5.37. The van der Waals surface area contributed by atoms with Gasteiger partial charge in [0.05, 0.1) is 12.8 Å². The van der Waals surface area contributed by atoms with E-state index in [4.69, 9.17) is 9.47 Å². The van der Waals surface area contributed by atoms with Crippen molar-refractivity contribution in [2.24, 2.45) is 0 Å². The zero-order valence-corrected chi connectivity index (χ0v) is 9.95. The summed E-state index contributed by atoms with van der Waals surface area (Å²) in [6.07, 6.45) is 3.34. The molecule has 1 atom stereocenters. The maximum atomic E-state index is 5.37. The lowest BCUT2D eigenvalue weighted by atomic mass is 9.96. The molecule has 2 rings (SSSR count). The first-order valence-corrected chi connectivity index (χ1v) is 5.76. The molecule has 0 spiro atoms. The van der Waals surface area contributed by atoms with Gasteiger partial charge < -0.3 is 14.8 Å². The van der Waals surface area contributed by atoms with Crippen molar-refractivity contribution >= 4 is 5.69 Å². The normalized spacial score (nSPS) is 18.8. The molecule has 0 saturated heterocycles. The number of methoxy groups -OCH3 is 2. The molecular formula is C13H19NO2. The minimum Gasteiger partial charge on any atom is -0.495 e. The van der Waals surface area contributed by atoms with Crippen LogP contribution in [0.25, 0.3) is 0 Å². The van der Waals surface area contributed by atoms with Gasteiger partial charge in [0.25, 0.3) is 0 Å². The second kappa shape index (κ2) is 5.21. The molecule has 1 aromatic rings. The van der Waals surface area contributed by atoms with E-state index in [0.717, 1.165) is 30.9 Å². The van der Waals surface area contributed by atoms with Gasteiger partial charge in [-0.15, -0.1) is 0 Å². The number of fused-ring (bicyclic) bond motifs is 1. The molecule has 16 heavy (non-hydrogen) atoms. The van der Waals surface area contributed by atoms with Crippen LogP contribution in [-0.4, -0.2) is 26.9 Å². The third kappa shape index (κ3) is 2.30. The summed E-state index contributed by atoms with van der Waals surface area (Å²) in [5.74, 6) is 0.944. The molecule has 0 amide bonds. The average Bonchev–Trinajstić information content (AvgIpc) is 2.35. The third-order valence-electron chi connectivity index (χ3n) is 3.11. The summed E-state index contributed by atoms with van der Waals surface area (Å²) < 4.78 is 10.5. The summed E-state index contributed by atoms with van der Waals surface area (Å²) in [6.45, 7) is 0.808. The van der Waals surface area contributed by atoms with E-state index in [1.54, 1.807) is 14.2 Å². The third-order valence-corrected chi connectivity index (χ3v) is 3.11. The second-order valence-electron chi connectivity index (χ2n) is 4.16. The van der Waals surface area contributed by atoms with E-state index in [0.29, 0.717) is 6.04 Å². The molecular weight excluding hydrogens is 202 g/mol. The van der Waals surface area contributed by atoms with Crippen LogP contribution >= 0.6 is 0 Å². The van der Waals surface area contributed by atoms with Gasteiger partial charge in [-0.3, -0.25) is 0 Å². The molecule has 0 aliphatic carbocycles. The van der Waals surface area contributed by atoms with Gasteiger partial charge in [0.15, 0.2) is 0 Å². The standard InChI is InChI=1S/C13H19NO2/c1-15-9-8-11-7-6-10-4-3-5-12(16-2)13(10)14-11/h3-5,11,14H,6-9H2,1-2H3. The number of hydrogen-bond donors (Lipinski definition) is 1. The average molecular weight is 221 g/mol. The molecule has 0 aromatic heterocycles. The van der Waals surface area contributed by atoms with E-state index >= 15 is 0 Å². The van der Waals surface area contributed by atoms with Crippen molar-refractivity contribution < 1.29 is 9.47 Å². The van der Waals surface area contributed by atoms with Crippen LogP contribution in [0.5, 0.6) is 5.75 Å². The Morgan fingerprint density at radius 3 is 3.00 bits per heavy atom. The number of nitrogens with one attached hydrogen (secondary N) is 1. The maximum Gasteiger partial charge on any atom is 0.142 e. The first-order chi connectivity index (χ1) is 7.85. The fourth-order valence-electron chi connectivity index (χ4n) is 2.20. The Kier molecular flexibility index (Phi) is 3.67. The Labute approximate surface area is 96.8 Å². The molecule has 88 valence electrons. The highest BCUT2D eigenvalue weighted by Crippen LogP contribution is 2.34. The molecule has 0 radical (unpaired) electrons. The van der Waals surface area contributed by atoms with E-state index in [9.17, 15) is 0 Å². The Morgan fingerprint density at radius 1 is 1.38 bits per heavy atom. The number of aryl methyl sites for hydroxylation is 1. The summed E-state index contributed by atoms with van der Waals surface area (Å²) in [5, 5.41) is 3.55. The number of hydrogen-bond acceptors (Lipinski definition) is 3. The van der Waals surface area contributed by atoms with Crippen LogP contribution < -0.4 is 10.1 Å². The highest BCUT2D eigenvalue weighted by atomic mass is 16.5. The Balaban J connectivity index is 2.11. The Morgan fingerprint density at radius 2 is 2.25 bits per heavy atom. The topological polar surface area (TPSA) is 30.5 Å². The zero-order valence-electron chi connectivity index (χ0n) is 9.95. The summed E-state index contributed by atoms with van der Waals surface area (Å²) in [7, 11) is 3.47. The van der Waals surface area contributed by atoms with Gasteiger partial charge in [0.1, 0.15) is 5.75 Å². The van der Waals surface area contributed by atoms with E-state index in [-0.39, 0.29) is 0 Å². The predicted octanol–water partition coefficient (Wildman–Crippen LogP) is 2.46. The summed E-state index contributed by atoms with van der Waals surface area (Å²) in [4.78, 5) is 0. The molecule has 0 bridgehead atoms. The van der Waals surface area contributed by atoms with Gasteiger partial charge in [-0.2, -0.15) is 0 Å². The van der Waals surface area contributed by atoms with Gasteiger partial charge in [-0.05, 0) is 30.9 Å². The van der Waals surface area contributed by atoms with Gasteiger partial charge >= 0.3 is 0 Å². The van der Waals surface area contributed by atoms with Crippen molar-refractivity contribution in [1.29, 1.82) is 0 Å². The van der Waals surface area contributed by atoms with Crippen LogP contribution in [0.1, 0.15) is 18.4 Å². The molecule has 3 nitrogen and oxygen atoms in total. The van der Waals surface area contributed by atoms with E-state index in [1.165, 1.54) is 12.0 Å². The van der Waals surface area contributed by atoms with Crippen molar-refractivity contribution in [2.75, 3.05) is 26.1 Å². The Hall–Kier alpha value is -1.22. The van der Waals surface area contributed by atoms with Gasteiger partial charge in [-0.1, -0.05) is 12.1 Å². The van der Waals surface area contributed by atoms with E-state index in [2.05, 4.69) is 17.4 Å². The smallest absolute Gasteiger partial charge is 0.142 e. The van der Waals surface area contributed by atoms with E-state index in [1.807, 2.05) is 6.07 Å². The van der Waals surface area contributed by atoms with Crippen LogP contribution in [-0.2, 0) is 11.2 Å². The Bertz CT molecular complexity index is 338. The molecule has 1 unspecified atom stereocenters. The fraction of sp³-hybridized carbons (Fsp3) is 0.538. The van der Waals surface area contributed by atoms with Crippen molar-refractivity contribution in [3.63, 3.8) is 0 Å². The molecule has 0 saturated carbocycles. The molecule has 1 N–H and O–H groups in total. The predicted molar refractivity (Wildman–Crippen MR) is 65.2 cm³/mol. The van der Waals surface area contributed by atoms with Crippen molar-refractivity contribution in [3.05, 3.63) is 23.8 Å². The largest absolute Gasteiger partial charge is 0.495 e. The molecule has 1 heterocycles. The minimum absolute atomic E-state index is 0.503. The molecule has 1 aliphatic rings. The van der Waals surface area contributed by atoms with Crippen LogP contribution in [0, 0.1) is 0 Å². The van der Waals surface area contributed by atoms with Gasteiger partial charge in [0, 0.05) is 19.8 Å².